The van der Waals surface area contributed by atoms with Gasteiger partial charge in [0.2, 0.25) is 5.95 Å². The molecule has 1 amide bonds. The van der Waals surface area contributed by atoms with E-state index < -0.39 is 0 Å². The molecule has 4 rings (SSSR count). The van der Waals surface area contributed by atoms with Gasteiger partial charge in [-0.2, -0.15) is 0 Å². The summed E-state index contributed by atoms with van der Waals surface area (Å²) in [5, 5.41) is 6.17. The average molecular weight is 527 g/mol. The van der Waals surface area contributed by atoms with Gasteiger partial charge in [-0.3, -0.25) is 4.79 Å². The molecule has 0 radical (unpaired) electrons. The van der Waals surface area contributed by atoms with Crippen LogP contribution in [-0.2, 0) is 6.61 Å². The molecule has 0 bridgehead atoms. The van der Waals surface area contributed by atoms with Crippen LogP contribution in [0, 0.1) is 0 Å². The molecule has 11 heteroatoms. The molecule has 0 aliphatic carbocycles. The van der Waals surface area contributed by atoms with Crippen molar-refractivity contribution in [3.63, 3.8) is 0 Å². The molecule has 196 valence electrons. The molecule has 0 spiro atoms. The fraction of sp³-hybridized carbons (Fsp3) is 0.346. The third-order valence-corrected chi connectivity index (χ3v) is 6.56. The summed E-state index contributed by atoms with van der Waals surface area (Å²) in [5.74, 6) is 1.81. The van der Waals surface area contributed by atoms with Gasteiger partial charge >= 0.3 is 0 Å². The van der Waals surface area contributed by atoms with E-state index in [0.717, 1.165) is 43.3 Å². The number of carbonyl (C=O) groups excluding carboxylic acids is 1. The van der Waals surface area contributed by atoms with Crippen molar-refractivity contribution in [2.24, 2.45) is 0 Å². The lowest BCUT2D eigenvalue weighted by molar-refractivity contribution is 0.0962. The largest absolute Gasteiger partial charge is 0.495 e. The smallest absolute Gasteiger partial charge is 0.251 e. The van der Waals surface area contributed by atoms with Gasteiger partial charge in [0, 0.05) is 56.1 Å². The minimum atomic E-state index is -0.247. The number of benzene rings is 2. The summed E-state index contributed by atoms with van der Waals surface area (Å²) < 4.78 is 16.8. The average Bonchev–Trinajstić information content (AvgIpc) is 2.93. The van der Waals surface area contributed by atoms with Crippen molar-refractivity contribution in [3.05, 3.63) is 58.9 Å². The lowest BCUT2D eigenvalue weighted by Gasteiger charge is -2.34. The summed E-state index contributed by atoms with van der Waals surface area (Å²) in [6.45, 7) is 4.06. The van der Waals surface area contributed by atoms with E-state index in [4.69, 9.17) is 25.8 Å². The third kappa shape index (κ3) is 6.33. The maximum atomic E-state index is 12.1. The van der Waals surface area contributed by atoms with Crippen LogP contribution >= 0.6 is 11.6 Å². The molecule has 10 nitrogen and oxygen atoms in total. The number of nitrogens with one attached hydrogen (secondary N) is 2. The van der Waals surface area contributed by atoms with Crippen LogP contribution in [0.25, 0.3) is 0 Å². The third-order valence-electron chi connectivity index (χ3n) is 6.13. The van der Waals surface area contributed by atoms with Crippen LogP contribution in [0.15, 0.2) is 42.7 Å². The van der Waals surface area contributed by atoms with Crippen LogP contribution in [0.5, 0.6) is 17.2 Å². The Morgan fingerprint density at radius 2 is 1.73 bits per heavy atom. The first-order valence-corrected chi connectivity index (χ1v) is 12.2. The van der Waals surface area contributed by atoms with E-state index in [1.165, 1.54) is 7.11 Å². The summed E-state index contributed by atoms with van der Waals surface area (Å²) in [7, 11) is 6.86. The molecule has 2 heterocycles. The lowest BCUT2D eigenvalue weighted by Crippen LogP contribution is -2.44. The topological polar surface area (TPSA) is 101 Å². The number of hydrogen-bond acceptors (Lipinski definition) is 9. The second-order valence-corrected chi connectivity index (χ2v) is 8.94. The minimum absolute atomic E-state index is 0.112. The number of aromatic nitrogens is 2. The SMILES string of the molecule is CNC(=O)c1cc(COc2cnc(Nc3ccc(N4CCN(C)CC4)c(OC)c3)nc2)c(Cl)c(OC)c1. The van der Waals surface area contributed by atoms with Crippen LogP contribution in [0.1, 0.15) is 15.9 Å². The van der Waals surface area contributed by atoms with Gasteiger partial charge in [-0.1, -0.05) is 11.6 Å². The van der Waals surface area contributed by atoms with E-state index in [-0.39, 0.29) is 12.5 Å². The molecule has 1 aliphatic heterocycles. The summed E-state index contributed by atoms with van der Waals surface area (Å²) in [6.07, 6.45) is 3.14. The van der Waals surface area contributed by atoms with E-state index in [1.807, 2.05) is 12.1 Å². The zero-order valence-corrected chi connectivity index (χ0v) is 22.1. The monoisotopic (exact) mass is 526 g/mol. The molecule has 37 heavy (non-hydrogen) atoms. The summed E-state index contributed by atoms with van der Waals surface area (Å²) in [6, 6.07) is 9.23. The van der Waals surface area contributed by atoms with E-state index in [1.54, 1.807) is 38.7 Å². The summed E-state index contributed by atoms with van der Waals surface area (Å²) >= 11 is 6.41. The number of nitrogens with zero attached hydrogens (tertiary/aromatic N) is 4. The molecule has 1 saturated heterocycles. The van der Waals surface area contributed by atoms with Gasteiger partial charge in [-0.15, -0.1) is 0 Å². The zero-order valence-electron chi connectivity index (χ0n) is 21.4. The number of carbonyl (C=O) groups is 1. The normalized spacial score (nSPS) is 13.7. The van der Waals surface area contributed by atoms with Gasteiger partial charge in [0.1, 0.15) is 18.1 Å². The van der Waals surface area contributed by atoms with Crippen LogP contribution in [0.2, 0.25) is 5.02 Å². The number of anilines is 3. The van der Waals surface area contributed by atoms with Crippen molar-refractivity contribution in [1.29, 1.82) is 0 Å². The van der Waals surface area contributed by atoms with Gasteiger partial charge in [-0.05, 0) is 31.3 Å². The number of piperazine rings is 1. The van der Waals surface area contributed by atoms with Crippen LogP contribution < -0.4 is 29.7 Å². The van der Waals surface area contributed by atoms with Crippen LogP contribution in [-0.4, -0.2) is 75.3 Å². The molecule has 2 aromatic carbocycles. The van der Waals surface area contributed by atoms with Crippen LogP contribution in [0.4, 0.5) is 17.3 Å². The highest BCUT2D eigenvalue weighted by atomic mass is 35.5. The Morgan fingerprint density at radius 1 is 1.03 bits per heavy atom. The molecule has 3 aromatic rings. The number of methoxy groups -OCH3 is 2. The molecule has 2 N–H and O–H groups in total. The van der Waals surface area contributed by atoms with Gasteiger partial charge in [0.15, 0.2) is 5.75 Å². The van der Waals surface area contributed by atoms with Gasteiger partial charge in [-0.25, -0.2) is 9.97 Å². The highest BCUT2D eigenvalue weighted by Crippen LogP contribution is 2.33. The fourth-order valence-electron chi connectivity index (χ4n) is 3.99. The second kappa shape index (κ2) is 12.0. The Labute approximate surface area is 221 Å². The van der Waals surface area contributed by atoms with Crippen molar-refractivity contribution in [3.8, 4) is 17.2 Å². The zero-order chi connectivity index (χ0) is 26.4. The molecule has 1 aliphatic rings. The standard InChI is InChI=1S/C26H31ClN6O4/c1-28-25(34)17-11-18(24(27)23(12-17)36-4)16-37-20-14-29-26(30-15-20)31-19-5-6-21(22(13-19)35-3)33-9-7-32(2)8-10-33/h5-6,11-15H,7-10,16H2,1-4H3,(H,28,34)(H,29,30,31). The van der Waals surface area contributed by atoms with Crippen molar-refractivity contribution in [2.45, 2.75) is 6.61 Å². The van der Waals surface area contributed by atoms with Crippen molar-refractivity contribution in [2.75, 3.05) is 64.7 Å². The highest BCUT2D eigenvalue weighted by Gasteiger charge is 2.18. The van der Waals surface area contributed by atoms with Crippen LogP contribution in [0.3, 0.4) is 0 Å². The van der Waals surface area contributed by atoms with Crippen molar-refractivity contribution in [1.82, 2.24) is 20.2 Å². The molecular weight excluding hydrogens is 496 g/mol. The Hall–Kier alpha value is -3.76. The predicted molar refractivity (Wildman–Crippen MR) is 144 cm³/mol. The summed E-state index contributed by atoms with van der Waals surface area (Å²) in [5.41, 5.74) is 2.91. The van der Waals surface area contributed by atoms with E-state index >= 15 is 0 Å². The Bertz CT molecular complexity index is 1230. The second-order valence-electron chi connectivity index (χ2n) is 8.56. The predicted octanol–water partition coefficient (Wildman–Crippen LogP) is 3.58. The Kier molecular flexibility index (Phi) is 8.52. The summed E-state index contributed by atoms with van der Waals surface area (Å²) in [4.78, 5) is 25.4. The lowest BCUT2D eigenvalue weighted by atomic mass is 10.1. The first kappa shape index (κ1) is 26.3. The number of hydrogen-bond donors (Lipinski definition) is 2. The highest BCUT2D eigenvalue weighted by molar-refractivity contribution is 6.33. The number of halogens is 1. The first-order valence-electron chi connectivity index (χ1n) is 11.8. The molecule has 0 saturated carbocycles. The van der Waals surface area contributed by atoms with E-state index in [9.17, 15) is 4.79 Å². The van der Waals surface area contributed by atoms with Crippen molar-refractivity contribution >= 4 is 34.8 Å². The fourth-order valence-corrected chi connectivity index (χ4v) is 4.23. The Morgan fingerprint density at radius 3 is 2.38 bits per heavy atom. The first-order chi connectivity index (χ1) is 17.9. The molecular formula is C26H31ClN6O4. The number of amides is 1. The van der Waals surface area contributed by atoms with Crippen molar-refractivity contribution < 1.29 is 19.0 Å². The minimum Gasteiger partial charge on any atom is -0.495 e. The number of likely N-dealkylation sites (N-methyl/N-ethyl adjacent to an activating group) is 1. The van der Waals surface area contributed by atoms with Gasteiger partial charge in [0.05, 0.1) is 37.3 Å². The number of rotatable bonds is 9. The van der Waals surface area contributed by atoms with E-state index in [2.05, 4.69) is 43.5 Å². The Balaban J connectivity index is 1.41. The van der Waals surface area contributed by atoms with E-state index in [0.29, 0.717) is 33.6 Å². The van der Waals surface area contributed by atoms with Gasteiger partial charge < -0.3 is 34.6 Å². The molecule has 1 aromatic heterocycles. The van der Waals surface area contributed by atoms with Gasteiger partial charge in [0.25, 0.3) is 5.91 Å². The molecule has 1 fully saturated rings. The molecule has 0 atom stereocenters. The number of ether oxygens (including phenoxy) is 3. The maximum absolute atomic E-state index is 12.1. The quantitative estimate of drug-likeness (QED) is 0.433. The maximum Gasteiger partial charge on any atom is 0.251 e. The molecule has 0 unspecified atom stereocenters.